The zero-order valence-corrected chi connectivity index (χ0v) is 11.0. The molecule has 3 rings (SSSR count). The number of hydrogen-bond acceptors (Lipinski definition) is 8. The second-order valence-electron chi connectivity index (χ2n) is 4.22. The molecule has 1 aromatic carbocycles. The lowest BCUT2D eigenvalue weighted by Crippen LogP contribution is -2.03. The highest BCUT2D eigenvalue weighted by atomic mass is 16.5. The molecular formula is C12H12N6O3. The number of H-pyrrole nitrogens is 1. The van der Waals surface area contributed by atoms with Gasteiger partial charge in [-0.1, -0.05) is 0 Å². The summed E-state index contributed by atoms with van der Waals surface area (Å²) in [5, 5.41) is 32.9. The minimum atomic E-state index is -0.0543. The minimum Gasteiger partial charge on any atom is -0.507 e. The number of aromatic nitrogens is 5. The predicted octanol–water partition coefficient (Wildman–Crippen LogP) is 0.780. The molecule has 0 amide bonds. The second-order valence-corrected chi connectivity index (χ2v) is 4.22. The van der Waals surface area contributed by atoms with Gasteiger partial charge < -0.3 is 20.3 Å². The number of nitrogens with zero attached hydrogens (tertiary/aromatic N) is 4. The van der Waals surface area contributed by atoms with E-state index in [1.54, 1.807) is 0 Å². The van der Waals surface area contributed by atoms with Gasteiger partial charge >= 0.3 is 0 Å². The number of nitrogens with one attached hydrogen (secondary N) is 2. The molecule has 0 saturated heterocycles. The van der Waals surface area contributed by atoms with E-state index in [2.05, 4.69) is 30.7 Å². The van der Waals surface area contributed by atoms with Gasteiger partial charge in [-0.05, 0) is 6.07 Å². The average molecular weight is 288 g/mol. The van der Waals surface area contributed by atoms with Crippen LogP contribution in [0.2, 0.25) is 0 Å². The van der Waals surface area contributed by atoms with Crippen molar-refractivity contribution in [3.05, 3.63) is 24.0 Å². The first-order valence-corrected chi connectivity index (χ1v) is 6.03. The van der Waals surface area contributed by atoms with Gasteiger partial charge in [0.15, 0.2) is 22.8 Å². The Kier molecular flexibility index (Phi) is 3.14. The summed E-state index contributed by atoms with van der Waals surface area (Å²) >= 11 is 0. The van der Waals surface area contributed by atoms with Gasteiger partial charge in [-0.25, -0.2) is 9.97 Å². The molecule has 9 heteroatoms. The highest BCUT2D eigenvalue weighted by molar-refractivity contribution is 5.81. The standard InChI is InChI=1S/C12H12N6O3/c1-21-9-3-7(19)6(2-8(9)20)4-13-11-10-12(15-5-14-11)17-18-16-10/h2-3,5,19-20H,4H2,1H3,(H2,13,14,15,16,17,18). The lowest BCUT2D eigenvalue weighted by atomic mass is 10.1. The van der Waals surface area contributed by atoms with E-state index in [1.165, 1.54) is 25.6 Å². The number of rotatable bonds is 4. The van der Waals surface area contributed by atoms with Gasteiger partial charge in [0, 0.05) is 18.2 Å². The molecule has 0 aliphatic heterocycles. The van der Waals surface area contributed by atoms with E-state index in [0.717, 1.165) is 0 Å². The molecule has 0 fully saturated rings. The number of ether oxygens (including phenoxy) is 1. The molecule has 0 spiro atoms. The Morgan fingerprint density at radius 2 is 2.05 bits per heavy atom. The summed E-state index contributed by atoms with van der Waals surface area (Å²) in [6.45, 7) is 0.238. The summed E-state index contributed by atoms with van der Waals surface area (Å²) in [5.74, 6) is 0.629. The predicted molar refractivity (Wildman–Crippen MR) is 73.1 cm³/mol. The molecule has 2 heterocycles. The Balaban J connectivity index is 1.85. The van der Waals surface area contributed by atoms with Gasteiger partial charge in [-0.15, -0.1) is 5.10 Å². The first kappa shape index (κ1) is 12.9. The third-order valence-electron chi connectivity index (χ3n) is 2.95. The van der Waals surface area contributed by atoms with Crippen molar-refractivity contribution in [3.8, 4) is 17.2 Å². The van der Waals surface area contributed by atoms with E-state index in [4.69, 9.17) is 4.74 Å². The molecule has 0 saturated carbocycles. The Hall–Kier alpha value is -3.10. The van der Waals surface area contributed by atoms with Gasteiger partial charge in [-0.3, -0.25) is 0 Å². The number of fused-ring (bicyclic) bond motifs is 1. The van der Waals surface area contributed by atoms with Crippen LogP contribution in [0, 0.1) is 0 Å². The van der Waals surface area contributed by atoms with Crippen molar-refractivity contribution < 1.29 is 14.9 Å². The first-order valence-electron chi connectivity index (χ1n) is 6.03. The largest absolute Gasteiger partial charge is 0.507 e. The molecule has 4 N–H and O–H groups in total. The van der Waals surface area contributed by atoms with Gasteiger partial charge in [0.05, 0.1) is 7.11 Å². The first-order chi connectivity index (χ1) is 10.2. The summed E-state index contributed by atoms with van der Waals surface area (Å²) in [5.41, 5.74) is 1.42. The van der Waals surface area contributed by atoms with Crippen LogP contribution in [0.1, 0.15) is 5.56 Å². The van der Waals surface area contributed by atoms with Gasteiger partial charge in [0.25, 0.3) is 0 Å². The average Bonchev–Trinajstić information content (AvgIpc) is 2.96. The van der Waals surface area contributed by atoms with E-state index in [0.29, 0.717) is 22.5 Å². The zero-order chi connectivity index (χ0) is 14.8. The lowest BCUT2D eigenvalue weighted by molar-refractivity contribution is 0.367. The van der Waals surface area contributed by atoms with Gasteiger partial charge in [0.2, 0.25) is 5.65 Å². The number of aromatic hydroxyl groups is 2. The monoisotopic (exact) mass is 288 g/mol. The maximum Gasteiger partial charge on any atom is 0.206 e. The number of anilines is 1. The minimum absolute atomic E-state index is 0.00241. The highest BCUT2D eigenvalue weighted by Crippen LogP contribution is 2.33. The molecule has 2 aromatic heterocycles. The van der Waals surface area contributed by atoms with Crippen LogP contribution in [0.15, 0.2) is 18.5 Å². The molecule has 0 aliphatic carbocycles. The fraction of sp³-hybridized carbons (Fsp3) is 0.167. The van der Waals surface area contributed by atoms with Crippen LogP contribution >= 0.6 is 0 Å². The number of phenols is 2. The smallest absolute Gasteiger partial charge is 0.206 e. The molecule has 0 atom stereocenters. The van der Waals surface area contributed by atoms with Gasteiger partial charge in [0.1, 0.15) is 12.1 Å². The Morgan fingerprint density at radius 3 is 2.86 bits per heavy atom. The summed E-state index contributed by atoms with van der Waals surface area (Å²) in [7, 11) is 1.41. The molecular weight excluding hydrogens is 276 g/mol. The number of methoxy groups -OCH3 is 1. The van der Waals surface area contributed by atoms with E-state index in [1.807, 2.05) is 0 Å². The Bertz CT molecular complexity index is 788. The highest BCUT2D eigenvalue weighted by Gasteiger charge is 2.11. The summed E-state index contributed by atoms with van der Waals surface area (Å²) in [6, 6.07) is 2.76. The second kappa shape index (κ2) is 5.12. The molecule has 3 aromatic rings. The number of hydrogen-bond donors (Lipinski definition) is 4. The lowest BCUT2D eigenvalue weighted by Gasteiger charge is -2.10. The number of phenolic OH excluding ortho intramolecular Hbond substituents is 2. The van der Waals surface area contributed by atoms with Crippen molar-refractivity contribution in [2.24, 2.45) is 0 Å². The summed E-state index contributed by atoms with van der Waals surface area (Å²) in [4.78, 5) is 8.02. The zero-order valence-electron chi connectivity index (χ0n) is 11.0. The van der Waals surface area contributed by atoms with Gasteiger partial charge in [-0.2, -0.15) is 10.3 Å². The maximum atomic E-state index is 9.90. The third kappa shape index (κ3) is 2.36. The third-order valence-corrected chi connectivity index (χ3v) is 2.95. The van der Waals surface area contributed by atoms with E-state index in [-0.39, 0.29) is 23.8 Å². The van der Waals surface area contributed by atoms with Crippen molar-refractivity contribution in [1.29, 1.82) is 0 Å². The van der Waals surface area contributed by atoms with E-state index in [9.17, 15) is 10.2 Å². The number of aromatic amines is 1. The van der Waals surface area contributed by atoms with Crippen molar-refractivity contribution in [2.45, 2.75) is 6.54 Å². The van der Waals surface area contributed by atoms with Crippen LogP contribution in [0.5, 0.6) is 17.2 Å². The van der Waals surface area contributed by atoms with Crippen LogP contribution < -0.4 is 10.1 Å². The van der Waals surface area contributed by atoms with E-state index < -0.39 is 0 Å². The quantitative estimate of drug-likeness (QED) is 0.518. The SMILES string of the molecule is COc1cc(O)c(CNc2ncnc3n[nH]nc23)cc1O. The fourth-order valence-corrected chi connectivity index (χ4v) is 1.89. The molecule has 108 valence electrons. The van der Waals surface area contributed by atoms with E-state index >= 15 is 0 Å². The Labute approximate surface area is 118 Å². The molecule has 0 aliphatic rings. The summed E-state index contributed by atoms with van der Waals surface area (Å²) in [6.07, 6.45) is 1.36. The number of benzene rings is 1. The van der Waals surface area contributed by atoms with Crippen molar-refractivity contribution in [3.63, 3.8) is 0 Å². The molecule has 0 bridgehead atoms. The molecule has 0 radical (unpaired) electrons. The van der Waals surface area contributed by atoms with Crippen molar-refractivity contribution in [1.82, 2.24) is 25.4 Å². The summed E-state index contributed by atoms with van der Waals surface area (Å²) < 4.78 is 4.92. The van der Waals surface area contributed by atoms with Crippen LogP contribution in [-0.2, 0) is 6.54 Å². The Morgan fingerprint density at radius 1 is 1.19 bits per heavy atom. The van der Waals surface area contributed by atoms with Crippen LogP contribution in [0.4, 0.5) is 5.82 Å². The van der Waals surface area contributed by atoms with Crippen LogP contribution in [0.25, 0.3) is 11.2 Å². The fourth-order valence-electron chi connectivity index (χ4n) is 1.89. The van der Waals surface area contributed by atoms with Crippen molar-refractivity contribution in [2.75, 3.05) is 12.4 Å². The molecule has 21 heavy (non-hydrogen) atoms. The van der Waals surface area contributed by atoms with Crippen molar-refractivity contribution >= 4 is 17.0 Å². The molecule has 0 unspecified atom stereocenters. The van der Waals surface area contributed by atoms with Crippen LogP contribution in [0.3, 0.4) is 0 Å². The van der Waals surface area contributed by atoms with Crippen LogP contribution in [-0.4, -0.2) is 42.7 Å². The topological polar surface area (TPSA) is 129 Å². The normalized spacial score (nSPS) is 10.7. The molecule has 9 nitrogen and oxygen atoms in total. The maximum absolute atomic E-state index is 9.90.